The van der Waals surface area contributed by atoms with Crippen molar-refractivity contribution in [2.24, 2.45) is 23.7 Å². The maximum atomic E-state index is 12.5. The first-order valence-corrected chi connectivity index (χ1v) is 13.0. The number of esters is 1. The minimum atomic E-state index is -0.110. The third-order valence-electron chi connectivity index (χ3n) is 8.93. The molecule has 4 rings (SSSR count). The normalized spacial score (nSPS) is 32.1. The number of benzene rings is 1. The van der Waals surface area contributed by atoms with Crippen molar-refractivity contribution in [2.75, 3.05) is 0 Å². The maximum Gasteiger partial charge on any atom is 0.338 e. The summed E-state index contributed by atoms with van der Waals surface area (Å²) in [5, 5.41) is 0. The number of cyclic esters (lactones) is 1. The number of ether oxygens (including phenoxy) is 1. The maximum absolute atomic E-state index is 12.5. The summed E-state index contributed by atoms with van der Waals surface area (Å²) in [5.74, 6) is 4.14. The van der Waals surface area contributed by atoms with Crippen molar-refractivity contribution in [1.82, 2.24) is 0 Å². The molecule has 2 heteroatoms. The Kier molecular flexibility index (Phi) is 7.56. The molecule has 2 nitrogen and oxygen atoms in total. The Bertz CT molecular complexity index is 750. The second kappa shape index (κ2) is 10.4. The molecule has 0 N–H and O–H groups in total. The van der Waals surface area contributed by atoms with Gasteiger partial charge in [0.15, 0.2) is 0 Å². The zero-order valence-electron chi connectivity index (χ0n) is 19.8. The van der Waals surface area contributed by atoms with Gasteiger partial charge in [-0.25, -0.2) is 4.79 Å². The molecule has 2 aliphatic carbocycles. The van der Waals surface area contributed by atoms with E-state index >= 15 is 0 Å². The van der Waals surface area contributed by atoms with Gasteiger partial charge in [0.1, 0.15) is 6.10 Å². The topological polar surface area (TPSA) is 26.3 Å². The lowest BCUT2D eigenvalue weighted by Gasteiger charge is -2.39. The van der Waals surface area contributed by atoms with E-state index in [0.29, 0.717) is 5.92 Å². The van der Waals surface area contributed by atoms with E-state index in [2.05, 4.69) is 44.7 Å². The van der Waals surface area contributed by atoms with Crippen LogP contribution in [0.3, 0.4) is 0 Å². The number of fused-ring (bicyclic) bond motifs is 1. The predicted octanol–water partition coefficient (Wildman–Crippen LogP) is 7.86. The molecular weight excluding hydrogens is 380 g/mol. The monoisotopic (exact) mass is 422 g/mol. The summed E-state index contributed by atoms with van der Waals surface area (Å²) in [6.45, 7) is 8.51. The third-order valence-corrected chi connectivity index (χ3v) is 8.93. The Balaban J connectivity index is 1.30. The van der Waals surface area contributed by atoms with Gasteiger partial charge in [-0.05, 0) is 105 Å². The lowest BCUT2D eigenvalue weighted by atomic mass is 9.66. The first-order chi connectivity index (χ1) is 15.1. The zero-order valence-corrected chi connectivity index (χ0v) is 19.8. The van der Waals surface area contributed by atoms with Crippen LogP contribution in [-0.2, 0) is 11.2 Å². The van der Waals surface area contributed by atoms with Crippen LogP contribution in [0.25, 0.3) is 0 Å². The Morgan fingerprint density at radius 2 is 1.74 bits per heavy atom. The van der Waals surface area contributed by atoms with Gasteiger partial charge >= 0.3 is 5.97 Å². The van der Waals surface area contributed by atoms with E-state index in [4.69, 9.17) is 4.74 Å². The Hall–Kier alpha value is -1.57. The van der Waals surface area contributed by atoms with Crippen LogP contribution in [0.15, 0.2) is 30.9 Å². The Labute approximate surface area is 189 Å². The van der Waals surface area contributed by atoms with Gasteiger partial charge in [0.25, 0.3) is 0 Å². The van der Waals surface area contributed by atoms with Crippen LogP contribution in [0.2, 0.25) is 0 Å². The summed E-state index contributed by atoms with van der Waals surface area (Å²) >= 11 is 0. The molecule has 0 amide bonds. The van der Waals surface area contributed by atoms with Crippen molar-refractivity contribution < 1.29 is 9.53 Å². The van der Waals surface area contributed by atoms with Gasteiger partial charge in [0.2, 0.25) is 0 Å². The molecule has 0 spiro atoms. The molecule has 0 radical (unpaired) electrons. The lowest BCUT2D eigenvalue weighted by Crippen LogP contribution is -2.28. The molecule has 2 unspecified atom stereocenters. The van der Waals surface area contributed by atoms with Crippen molar-refractivity contribution >= 4 is 5.97 Å². The van der Waals surface area contributed by atoms with E-state index in [1.165, 1.54) is 75.3 Å². The molecule has 1 aromatic rings. The molecule has 1 aliphatic heterocycles. The average molecular weight is 423 g/mol. The van der Waals surface area contributed by atoms with Gasteiger partial charge in [0.05, 0.1) is 5.56 Å². The first kappa shape index (κ1) is 22.6. The molecule has 3 aliphatic rings. The smallest absolute Gasteiger partial charge is 0.338 e. The Morgan fingerprint density at radius 1 is 1.06 bits per heavy atom. The second-order valence-corrected chi connectivity index (χ2v) is 10.7. The molecule has 170 valence electrons. The van der Waals surface area contributed by atoms with Gasteiger partial charge in [0, 0.05) is 6.42 Å². The van der Waals surface area contributed by atoms with Crippen molar-refractivity contribution in [3.8, 4) is 0 Å². The molecule has 2 saturated carbocycles. The van der Waals surface area contributed by atoms with Crippen LogP contribution in [0.1, 0.15) is 112 Å². The molecule has 2 atom stereocenters. The number of rotatable bonds is 7. The van der Waals surface area contributed by atoms with E-state index in [1.807, 2.05) is 0 Å². The number of carbonyl (C=O) groups is 1. The fraction of sp³-hybridized carbons (Fsp3) is 0.690. The summed E-state index contributed by atoms with van der Waals surface area (Å²) < 4.78 is 5.61. The van der Waals surface area contributed by atoms with E-state index in [9.17, 15) is 4.79 Å². The molecule has 0 aromatic heterocycles. The van der Waals surface area contributed by atoms with Gasteiger partial charge in [-0.1, -0.05) is 44.9 Å². The van der Waals surface area contributed by atoms with Crippen LogP contribution in [0.5, 0.6) is 0 Å². The van der Waals surface area contributed by atoms with E-state index < -0.39 is 0 Å². The third kappa shape index (κ3) is 5.26. The van der Waals surface area contributed by atoms with E-state index in [1.54, 1.807) is 0 Å². The molecule has 0 saturated heterocycles. The van der Waals surface area contributed by atoms with Crippen LogP contribution in [0, 0.1) is 23.7 Å². The summed E-state index contributed by atoms with van der Waals surface area (Å²) in [7, 11) is 0. The lowest BCUT2D eigenvalue weighted by molar-refractivity contribution is 0.0249. The summed E-state index contributed by atoms with van der Waals surface area (Å²) in [6.07, 6.45) is 17.4. The highest BCUT2D eigenvalue weighted by Crippen LogP contribution is 2.45. The number of hydrogen-bond donors (Lipinski definition) is 0. The van der Waals surface area contributed by atoms with Gasteiger partial charge in [-0.15, -0.1) is 6.58 Å². The van der Waals surface area contributed by atoms with Crippen LogP contribution in [0.4, 0.5) is 0 Å². The van der Waals surface area contributed by atoms with Crippen LogP contribution >= 0.6 is 0 Å². The quantitative estimate of drug-likeness (QED) is 0.330. The SMILES string of the molecule is C=CCCC1CCC(C(C)C2CCC(c3ccc4c(c3)C(=O)OC(CC)C4)CC2)CC1. The zero-order chi connectivity index (χ0) is 21.8. The highest BCUT2D eigenvalue weighted by molar-refractivity contribution is 5.92. The second-order valence-electron chi connectivity index (χ2n) is 10.7. The highest BCUT2D eigenvalue weighted by Gasteiger charge is 2.33. The first-order valence-electron chi connectivity index (χ1n) is 13.0. The fourth-order valence-corrected chi connectivity index (χ4v) is 6.66. The van der Waals surface area contributed by atoms with E-state index in [-0.39, 0.29) is 12.1 Å². The van der Waals surface area contributed by atoms with Crippen LogP contribution in [-0.4, -0.2) is 12.1 Å². The number of carbonyl (C=O) groups excluding carboxylic acids is 1. The molecule has 1 aromatic carbocycles. The minimum absolute atomic E-state index is 0.0554. The largest absolute Gasteiger partial charge is 0.458 e. The van der Waals surface area contributed by atoms with Gasteiger partial charge in [-0.3, -0.25) is 0 Å². The molecular formula is C29H42O2. The number of hydrogen-bond acceptors (Lipinski definition) is 2. The molecule has 0 bridgehead atoms. The Morgan fingerprint density at radius 3 is 2.39 bits per heavy atom. The molecule has 2 fully saturated rings. The van der Waals surface area contributed by atoms with Gasteiger partial charge < -0.3 is 4.74 Å². The van der Waals surface area contributed by atoms with Crippen molar-refractivity contribution in [1.29, 1.82) is 0 Å². The summed E-state index contributed by atoms with van der Waals surface area (Å²) in [4.78, 5) is 12.5. The fourth-order valence-electron chi connectivity index (χ4n) is 6.66. The minimum Gasteiger partial charge on any atom is -0.458 e. The highest BCUT2D eigenvalue weighted by atomic mass is 16.5. The van der Waals surface area contributed by atoms with Crippen molar-refractivity contribution in [2.45, 2.75) is 103 Å². The predicted molar refractivity (Wildman–Crippen MR) is 128 cm³/mol. The summed E-state index contributed by atoms with van der Waals surface area (Å²) in [6, 6.07) is 6.65. The van der Waals surface area contributed by atoms with Crippen molar-refractivity contribution in [3.63, 3.8) is 0 Å². The molecule has 1 heterocycles. The van der Waals surface area contributed by atoms with E-state index in [0.717, 1.165) is 42.1 Å². The standard InChI is InChI=1S/C29H42O2/c1-4-6-7-21-8-10-22(11-9-21)20(3)23-12-14-24(15-13-23)25-16-17-26-18-27(5-2)31-29(30)28(26)19-25/h4,16-17,19-24,27H,1,5-15,18H2,2-3H3. The molecule has 31 heavy (non-hydrogen) atoms. The average Bonchev–Trinajstić information content (AvgIpc) is 2.82. The summed E-state index contributed by atoms with van der Waals surface area (Å²) in [5.41, 5.74) is 3.36. The van der Waals surface area contributed by atoms with Crippen molar-refractivity contribution in [3.05, 3.63) is 47.5 Å². The van der Waals surface area contributed by atoms with Gasteiger partial charge in [-0.2, -0.15) is 0 Å². The van der Waals surface area contributed by atoms with Crippen LogP contribution < -0.4 is 0 Å². The number of allylic oxidation sites excluding steroid dienone is 1.